The first kappa shape index (κ1) is 18.6. The van der Waals surface area contributed by atoms with E-state index >= 15 is 0 Å². The summed E-state index contributed by atoms with van der Waals surface area (Å²) >= 11 is 0. The molecule has 0 saturated carbocycles. The van der Waals surface area contributed by atoms with Gasteiger partial charge in [0.15, 0.2) is 0 Å². The van der Waals surface area contributed by atoms with Crippen LogP contribution >= 0.6 is 0 Å². The largest absolute Gasteiger partial charge is 0.383 e. The molecule has 0 bridgehead atoms. The van der Waals surface area contributed by atoms with Crippen LogP contribution in [0.4, 0.5) is 0 Å². The molecule has 124 valence electrons. The van der Waals surface area contributed by atoms with Crippen LogP contribution in [0.3, 0.4) is 0 Å². The van der Waals surface area contributed by atoms with Crippen LogP contribution in [0.1, 0.15) is 18.1 Å². The molecule has 0 radical (unpaired) electrons. The summed E-state index contributed by atoms with van der Waals surface area (Å²) in [5.41, 5.74) is 1.97. The maximum atomic E-state index is 12.2. The molecule has 0 spiro atoms. The fourth-order valence-electron chi connectivity index (χ4n) is 1.91. The summed E-state index contributed by atoms with van der Waals surface area (Å²) in [5.74, 6) is -0.109. The lowest BCUT2D eigenvalue weighted by Gasteiger charge is -2.20. The van der Waals surface area contributed by atoms with E-state index in [1.807, 2.05) is 13.8 Å². The minimum absolute atomic E-state index is 0.109. The molecule has 0 atom stereocenters. The van der Waals surface area contributed by atoms with E-state index in [2.05, 4.69) is 4.72 Å². The molecule has 1 aromatic carbocycles. The Morgan fingerprint density at radius 1 is 1.23 bits per heavy atom. The lowest BCUT2D eigenvalue weighted by atomic mass is 10.1. The van der Waals surface area contributed by atoms with E-state index in [-0.39, 0.29) is 17.3 Å². The van der Waals surface area contributed by atoms with Gasteiger partial charge in [-0.2, -0.15) is 0 Å². The Morgan fingerprint density at radius 3 is 2.45 bits per heavy atom. The monoisotopic (exact) mass is 328 g/mol. The number of nitrogens with zero attached hydrogens (tertiary/aromatic N) is 1. The third-order valence-corrected chi connectivity index (χ3v) is 4.93. The van der Waals surface area contributed by atoms with E-state index < -0.39 is 10.0 Å². The lowest BCUT2D eigenvalue weighted by molar-refractivity contribution is -0.129. The van der Waals surface area contributed by atoms with Crippen molar-refractivity contribution in [1.82, 2.24) is 9.62 Å². The van der Waals surface area contributed by atoms with Gasteiger partial charge in [0, 0.05) is 33.7 Å². The second-order valence-corrected chi connectivity index (χ2v) is 6.91. The standard InChI is InChI=1S/C15H24N2O4S/c1-12-5-6-15(11-13(12)2)22(19,20)16-7-8-17(14(3)18)9-10-21-4/h5-6,11,16H,7-10H2,1-4H3. The number of hydrogen-bond donors (Lipinski definition) is 1. The quantitative estimate of drug-likeness (QED) is 0.775. The lowest BCUT2D eigenvalue weighted by Crippen LogP contribution is -2.39. The van der Waals surface area contributed by atoms with Gasteiger partial charge in [-0.25, -0.2) is 13.1 Å². The van der Waals surface area contributed by atoms with Crippen molar-refractivity contribution in [2.75, 3.05) is 33.4 Å². The van der Waals surface area contributed by atoms with Crippen molar-refractivity contribution in [2.45, 2.75) is 25.7 Å². The minimum Gasteiger partial charge on any atom is -0.383 e. The van der Waals surface area contributed by atoms with E-state index in [1.165, 1.54) is 6.92 Å². The van der Waals surface area contributed by atoms with E-state index in [1.54, 1.807) is 30.2 Å². The summed E-state index contributed by atoms with van der Waals surface area (Å²) in [7, 11) is -2.00. The summed E-state index contributed by atoms with van der Waals surface area (Å²) < 4.78 is 31.9. The predicted octanol–water partition coefficient (Wildman–Crippen LogP) is 1.08. The Balaban J connectivity index is 2.65. The van der Waals surface area contributed by atoms with Crippen molar-refractivity contribution in [3.8, 4) is 0 Å². The zero-order valence-corrected chi connectivity index (χ0v) is 14.4. The molecular weight excluding hydrogens is 304 g/mol. The molecular formula is C15H24N2O4S. The maximum Gasteiger partial charge on any atom is 0.240 e. The van der Waals surface area contributed by atoms with Gasteiger partial charge in [-0.3, -0.25) is 4.79 Å². The molecule has 1 amide bonds. The topological polar surface area (TPSA) is 75.7 Å². The summed E-state index contributed by atoms with van der Waals surface area (Å²) in [6, 6.07) is 5.01. The number of amides is 1. The van der Waals surface area contributed by atoms with Crippen LogP contribution in [0.15, 0.2) is 23.1 Å². The molecule has 1 rings (SSSR count). The summed E-state index contributed by atoms with van der Waals surface area (Å²) in [5, 5.41) is 0. The van der Waals surface area contributed by atoms with Gasteiger partial charge in [-0.05, 0) is 37.1 Å². The normalized spacial score (nSPS) is 11.5. The Bertz CT molecular complexity index is 614. The zero-order valence-electron chi connectivity index (χ0n) is 13.5. The highest BCUT2D eigenvalue weighted by molar-refractivity contribution is 7.89. The molecule has 22 heavy (non-hydrogen) atoms. The van der Waals surface area contributed by atoms with Crippen LogP contribution < -0.4 is 4.72 Å². The van der Waals surface area contributed by atoms with Crippen molar-refractivity contribution < 1.29 is 17.9 Å². The van der Waals surface area contributed by atoms with Gasteiger partial charge in [-0.1, -0.05) is 6.07 Å². The highest BCUT2D eigenvalue weighted by Crippen LogP contribution is 2.14. The first-order valence-corrected chi connectivity index (χ1v) is 8.57. The number of sulfonamides is 1. The molecule has 0 aliphatic carbocycles. The van der Waals surface area contributed by atoms with Gasteiger partial charge in [0.25, 0.3) is 0 Å². The number of hydrogen-bond acceptors (Lipinski definition) is 4. The van der Waals surface area contributed by atoms with Crippen LogP contribution in [0.5, 0.6) is 0 Å². The molecule has 1 aromatic rings. The average Bonchev–Trinajstić information content (AvgIpc) is 2.45. The molecule has 6 nitrogen and oxygen atoms in total. The Kier molecular flexibility index (Phi) is 6.99. The molecule has 0 heterocycles. The smallest absolute Gasteiger partial charge is 0.240 e. The maximum absolute atomic E-state index is 12.2. The van der Waals surface area contributed by atoms with Gasteiger partial charge < -0.3 is 9.64 Å². The number of carbonyl (C=O) groups is 1. The second kappa shape index (κ2) is 8.26. The molecule has 0 saturated heterocycles. The number of carbonyl (C=O) groups excluding carboxylic acids is 1. The van der Waals surface area contributed by atoms with Crippen LogP contribution in [-0.4, -0.2) is 52.6 Å². The van der Waals surface area contributed by atoms with Crippen LogP contribution in [0, 0.1) is 13.8 Å². The zero-order chi connectivity index (χ0) is 16.8. The number of rotatable bonds is 8. The van der Waals surface area contributed by atoms with Crippen molar-refractivity contribution >= 4 is 15.9 Å². The molecule has 7 heteroatoms. The van der Waals surface area contributed by atoms with Crippen LogP contribution in [0.25, 0.3) is 0 Å². The Morgan fingerprint density at radius 2 is 1.91 bits per heavy atom. The van der Waals surface area contributed by atoms with Crippen molar-refractivity contribution in [2.24, 2.45) is 0 Å². The third-order valence-electron chi connectivity index (χ3n) is 3.47. The Hall–Kier alpha value is -1.44. The predicted molar refractivity (Wildman–Crippen MR) is 85.2 cm³/mol. The van der Waals surface area contributed by atoms with Crippen molar-refractivity contribution in [1.29, 1.82) is 0 Å². The number of aryl methyl sites for hydroxylation is 2. The highest BCUT2D eigenvalue weighted by atomic mass is 32.2. The first-order valence-electron chi connectivity index (χ1n) is 7.09. The molecule has 1 N–H and O–H groups in total. The van der Waals surface area contributed by atoms with Gasteiger partial charge in [0.2, 0.25) is 15.9 Å². The average molecular weight is 328 g/mol. The SMILES string of the molecule is COCCN(CCNS(=O)(=O)c1ccc(C)c(C)c1)C(C)=O. The number of ether oxygens (including phenoxy) is 1. The molecule has 0 unspecified atom stereocenters. The molecule has 0 aromatic heterocycles. The van der Waals surface area contributed by atoms with Crippen LogP contribution in [-0.2, 0) is 19.6 Å². The van der Waals surface area contributed by atoms with E-state index in [4.69, 9.17) is 4.74 Å². The number of methoxy groups -OCH3 is 1. The van der Waals surface area contributed by atoms with Gasteiger partial charge in [-0.15, -0.1) is 0 Å². The van der Waals surface area contributed by atoms with E-state index in [0.29, 0.717) is 19.7 Å². The second-order valence-electron chi connectivity index (χ2n) is 5.14. The summed E-state index contributed by atoms with van der Waals surface area (Å²) in [4.78, 5) is 13.2. The minimum atomic E-state index is -3.56. The van der Waals surface area contributed by atoms with E-state index in [0.717, 1.165) is 11.1 Å². The third kappa shape index (κ3) is 5.40. The van der Waals surface area contributed by atoms with Gasteiger partial charge >= 0.3 is 0 Å². The number of benzene rings is 1. The molecule has 0 aliphatic heterocycles. The summed E-state index contributed by atoms with van der Waals surface area (Å²) in [6.45, 7) is 6.59. The first-order chi connectivity index (χ1) is 10.3. The van der Waals surface area contributed by atoms with Gasteiger partial charge in [0.05, 0.1) is 11.5 Å². The Labute approximate surface area is 132 Å². The highest BCUT2D eigenvalue weighted by Gasteiger charge is 2.15. The number of nitrogens with one attached hydrogen (secondary N) is 1. The van der Waals surface area contributed by atoms with Gasteiger partial charge in [0.1, 0.15) is 0 Å². The molecule has 0 fully saturated rings. The van der Waals surface area contributed by atoms with Crippen LogP contribution in [0.2, 0.25) is 0 Å². The van der Waals surface area contributed by atoms with Crippen molar-refractivity contribution in [3.63, 3.8) is 0 Å². The fraction of sp³-hybridized carbons (Fsp3) is 0.533. The fourth-order valence-corrected chi connectivity index (χ4v) is 3.01. The summed E-state index contributed by atoms with van der Waals surface area (Å²) in [6.07, 6.45) is 0. The van der Waals surface area contributed by atoms with E-state index in [9.17, 15) is 13.2 Å². The molecule has 0 aliphatic rings. The van der Waals surface area contributed by atoms with Crippen molar-refractivity contribution in [3.05, 3.63) is 29.3 Å².